The number of hydrogen-bond donors (Lipinski definition) is 1. The van der Waals surface area contributed by atoms with E-state index in [0.29, 0.717) is 14.9 Å². The van der Waals surface area contributed by atoms with Crippen LogP contribution in [0.15, 0.2) is 47.4 Å². The number of non-ortho nitro benzene ring substituents is 1. The highest BCUT2D eigenvalue weighted by Gasteiger charge is 2.38. The molecule has 0 aliphatic carbocycles. The molecule has 2 aromatic rings. The van der Waals surface area contributed by atoms with Crippen LogP contribution in [-0.2, 0) is 4.79 Å². The summed E-state index contributed by atoms with van der Waals surface area (Å²) < 4.78 is 0. The maximum atomic E-state index is 12.3. The quantitative estimate of drug-likeness (QED) is 0.363. The molecule has 0 saturated carbocycles. The van der Waals surface area contributed by atoms with Crippen LogP contribution in [0.4, 0.5) is 5.69 Å². The number of fused-ring (bicyclic) bond motifs is 1. The maximum absolute atomic E-state index is 12.3. The van der Waals surface area contributed by atoms with Gasteiger partial charge in [-0.05, 0) is 18.2 Å². The first kappa shape index (κ1) is 17.9. The molecular weight excluding hydrogens is 382 g/mol. The topological polar surface area (TPSA) is 110 Å². The number of carbonyl (C=O) groups excluding carboxylic acids is 3. The van der Waals surface area contributed by atoms with Gasteiger partial charge in [-0.3, -0.25) is 29.9 Å². The Morgan fingerprint density at radius 1 is 1.15 bits per heavy atom. The number of hydrazine groups is 1. The van der Waals surface area contributed by atoms with E-state index in [1.807, 2.05) is 0 Å². The third-order valence-electron chi connectivity index (χ3n) is 3.51. The Kier molecular flexibility index (Phi) is 4.92. The van der Waals surface area contributed by atoms with Gasteiger partial charge in [0.15, 0.2) is 0 Å². The fourth-order valence-corrected chi connectivity index (χ4v) is 3.34. The van der Waals surface area contributed by atoms with Crippen LogP contribution in [-0.4, -0.2) is 33.4 Å². The molecule has 3 rings (SSSR count). The van der Waals surface area contributed by atoms with Gasteiger partial charge in [0.2, 0.25) is 5.91 Å². The summed E-state index contributed by atoms with van der Waals surface area (Å²) in [6, 6.07) is 10.3. The van der Waals surface area contributed by atoms with E-state index in [2.05, 4.69) is 5.43 Å². The van der Waals surface area contributed by atoms with Gasteiger partial charge in [0, 0.05) is 17.0 Å². The molecule has 0 fully saturated rings. The summed E-state index contributed by atoms with van der Waals surface area (Å²) in [5, 5.41) is 11.9. The van der Waals surface area contributed by atoms with E-state index in [0.717, 1.165) is 23.9 Å². The Bertz CT molecular complexity index is 949. The van der Waals surface area contributed by atoms with Crippen molar-refractivity contribution < 1.29 is 19.3 Å². The van der Waals surface area contributed by atoms with Crippen molar-refractivity contribution in [2.45, 2.75) is 4.90 Å². The molecule has 0 spiro atoms. The average molecular weight is 392 g/mol. The zero-order chi connectivity index (χ0) is 18.8. The van der Waals surface area contributed by atoms with Crippen LogP contribution in [0.1, 0.15) is 20.7 Å². The first-order valence-electron chi connectivity index (χ1n) is 7.22. The van der Waals surface area contributed by atoms with Crippen molar-refractivity contribution >= 4 is 46.8 Å². The van der Waals surface area contributed by atoms with Crippen molar-refractivity contribution in [3.63, 3.8) is 0 Å². The minimum absolute atomic E-state index is 0.000318. The summed E-state index contributed by atoms with van der Waals surface area (Å²) in [6.45, 7) is 0. The van der Waals surface area contributed by atoms with Crippen LogP contribution < -0.4 is 5.43 Å². The van der Waals surface area contributed by atoms with Crippen molar-refractivity contribution in [1.29, 1.82) is 0 Å². The van der Waals surface area contributed by atoms with Gasteiger partial charge >= 0.3 is 0 Å². The number of nitro groups is 1. The minimum atomic E-state index is -0.815. The molecule has 132 valence electrons. The number of hydrogen-bond acceptors (Lipinski definition) is 6. The van der Waals surface area contributed by atoms with Crippen LogP contribution >= 0.6 is 23.4 Å². The van der Waals surface area contributed by atoms with Gasteiger partial charge in [-0.2, -0.15) is 5.01 Å². The van der Waals surface area contributed by atoms with Gasteiger partial charge in [0.05, 0.1) is 26.8 Å². The molecule has 0 unspecified atom stereocenters. The second-order valence-electron chi connectivity index (χ2n) is 5.19. The van der Waals surface area contributed by atoms with E-state index < -0.39 is 22.6 Å². The molecule has 0 atom stereocenters. The minimum Gasteiger partial charge on any atom is -0.272 e. The van der Waals surface area contributed by atoms with Crippen molar-refractivity contribution in [3.05, 3.63) is 68.7 Å². The van der Waals surface area contributed by atoms with Crippen molar-refractivity contribution in [2.75, 3.05) is 5.75 Å². The number of imide groups is 1. The predicted octanol–water partition coefficient (Wildman–Crippen LogP) is 2.67. The fraction of sp³-hybridized carbons (Fsp3) is 0.0625. The molecule has 2 aromatic carbocycles. The predicted molar refractivity (Wildman–Crippen MR) is 93.9 cm³/mol. The molecule has 26 heavy (non-hydrogen) atoms. The molecule has 8 nitrogen and oxygen atoms in total. The summed E-state index contributed by atoms with van der Waals surface area (Å²) in [4.78, 5) is 47.4. The van der Waals surface area contributed by atoms with Crippen LogP contribution in [0.2, 0.25) is 5.02 Å². The summed E-state index contributed by atoms with van der Waals surface area (Å²) in [5.74, 6) is -2.21. The Morgan fingerprint density at radius 2 is 1.85 bits per heavy atom. The van der Waals surface area contributed by atoms with E-state index in [-0.39, 0.29) is 22.6 Å². The standard InChI is InChI=1S/C16H10ClN3O5S/c17-12-3-1-2-4-13(12)26-8-14(21)18-19-15(22)10-6-5-9(20(24)25)7-11(10)16(19)23/h1-7H,8H2,(H,18,21). The molecule has 1 heterocycles. The smallest absolute Gasteiger partial charge is 0.272 e. The van der Waals surface area contributed by atoms with Gasteiger partial charge in [-0.25, -0.2) is 0 Å². The molecule has 0 radical (unpaired) electrons. The highest BCUT2D eigenvalue weighted by atomic mass is 35.5. The first-order chi connectivity index (χ1) is 12.4. The number of nitro benzene ring substituents is 1. The monoisotopic (exact) mass is 391 g/mol. The molecular formula is C16H10ClN3O5S. The van der Waals surface area contributed by atoms with Gasteiger partial charge in [-0.15, -0.1) is 11.8 Å². The van der Waals surface area contributed by atoms with E-state index in [9.17, 15) is 24.5 Å². The molecule has 3 amide bonds. The van der Waals surface area contributed by atoms with Gasteiger partial charge in [0.1, 0.15) is 0 Å². The summed E-state index contributed by atoms with van der Waals surface area (Å²) in [5.41, 5.74) is 1.79. The summed E-state index contributed by atoms with van der Waals surface area (Å²) >= 11 is 7.15. The third-order valence-corrected chi connectivity index (χ3v) is 5.03. The molecule has 1 aliphatic rings. The van der Waals surface area contributed by atoms with Crippen LogP contribution in [0.3, 0.4) is 0 Å². The second-order valence-corrected chi connectivity index (χ2v) is 6.61. The lowest BCUT2D eigenvalue weighted by molar-refractivity contribution is -0.384. The molecule has 10 heteroatoms. The maximum Gasteiger partial charge on any atom is 0.280 e. The zero-order valence-electron chi connectivity index (χ0n) is 13.0. The van der Waals surface area contributed by atoms with E-state index in [4.69, 9.17) is 11.6 Å². The number of carbonyl (C=O) groups is 3. The third kappa shape index (κ3) is 3.39. The highest BCUT2D eigenvalue weighted by Crippen LogP contribution is 2.27. The SMILES string of the molecule is O=C(CSc1ccccc1Cl)NN1C(=O)c2ccc([N+](=O)[O-])cc2C1=O. The van der Waals surface area contributed by atoms with Crippen molar-refractivity contribution in [3.8, 4) is 0 Å². The van der Waals surface area contributed by atoms with Gasteiger partial charge < -0.3 is 0 Å². The normalized spacial score (nSPS) is 12.9. The number of rotatable bonds is 5. The van der Waals surface area contributed by atoms with Crippen molar-refractivity contribution in [2.24, 2.45) is 0 Å². The van der Waals surface area contributed by atoms with Crippen LogP contribution in [0.25, 0.3) is 0 Å². The fourth-order valence-electron chi connectivity index (χ4n) is 2.31. The molecule has 0 bridgehead atoms. The Balaban J connectivity index is 1.69. The molecule has 0 saturated heterocycles. The number of nitrogens with one attached hydrogen (secondary N) is 1. The lowest BCUT2D eigenvalue weighted by atomic mass is 10.1. The summed E-state index contributed by atoms with van der Waals surface area (Å²) in [6.07, 6.45) is 0. The zero-order valence-corrected chi connectivity index (χ0v) is 14.5. The lowest BCUT2D eigenvalue weighted by Crippen LogP contribution is -2.46. The number of thioether (sulfide) groups is 1. The first-order valence-corrected chi connectivity index (χ1v) is 8.59. The van der Waals surface area contributed by atoms with E-state index in [1.165, 1.54) is 6.07 Å². The number of nitrogens with zero attached hydrogens (tertiary/aromatic N) is 2. The number of halogens is 1. The Morgan fingerprint density at radius 3 is 2.54 bits per heavy atom. The number of amides is 3. The van der Waals surface area contributed by atoms with Gasteiger partial charge in [-0.1, -0.05) is 23.7 Å². The Hall–Kier alpha value is -2.91. The van der Waals surface area contributed by atoms with E-state index in [1.54, 1.807) is 24.3 Å². The van der Waals surface area contributed by atoms with Crippen LogP contribution in [0, 0.1) is 10.1 Å². The van der Waals surface area contributed by atoms with E-state index >= 15 is 0 Å². The van der Waals surface area contributed by atoms with Gasteiger partial charge in [0.25, 0.3) is 17.5 Å². The number of benzene rings is 2. The molecule has 1 N–H and O–H groups in total. The molecule has 0 aromatic heterocycles. The largest absolute Gasteiger partial charge is 0.280 e. The highest BCUT2D eigenvalue weighted by molar-refractivity contribution is 8.00. The van der Waals surface area contributed by atoms with Crippen LogP contribution in [0.5, 0.6) is 0 Å². The molecule has 1 aliphatic heterocycles. The summed E-state index contributed by atoms with van der Waals surface area (Å²) in [7, 11) is 0. The average Bonchev–Trinajstić information content (AvgIpc) is 2.85. The Labute approximate surface area is 156 Å². The van der Waals surface area contributed by atoms with Crippen molar-refractivity contribution in [1.82, 2.24) is 10.4 Å². The second kappa shape index (κ2) is 7.14. The lowest BCUT2D eigenvalue weighted by Gasteiger charge is -2.14.